The highest BCUT2D eigenvalue weighted by atomic mass is 19.1. The molecule has 20 heavy (non-hydrogen) atoms. The first kappa shape index (κ1) is 17.0. The first-order chi connectivity index (χ1) is 9.68. The van der Waals surface area contributed by atoms with E-state index in [2.05, 4.69) is 0 Å². The van der Waals surface area contributed by atoms with E-state index < -0.39 is 5.41 Å². The van der Waals surface area contributed by atoms with Crippen molar-refractivity contribution in [1.29, 1.82) is 0 Å². The second kappa shape index (κ2) is 9.02. The number of rotatable bonds is 10. The average Bonchev–Trinajstić information content (AvgIpc) is 2.48. The topological polar surface area (TPSA) is 58.9 Å². The molecule has 0 saturated carbocycles. The Labute approximate surface area is 119 Å². The number of aliphatic hydroxyl groups excluding tert-OH is 2. The summed E-state index contributed by atoms with van der Waals surface area (Å²) in [6.07, 6.45) is 1.26. The van der Waals surface area contributed by atoms with E-state index in [0.29, 0.717) is 32.7 Å². The lowest BCUT2D eigenvalue weighted by molar-refractivity contribution is 0.0571. The zero-order valence-electron chi connectivity index (χ0n) is 11.8. The SMILES string of the molecule is COCCOCCCC(CO)(CO)c1ccc(F)cc1. The summed E-state index contributed by atoms with van der Waals surface area (Å²) < 4.78 is 23.2. The molecule has 2 N–H and O–H groups in total. The van der Waals surface area contributed by atoms with Gasteiger partial charge in [-0.1, -0.05) is 12.1 Å². The van der Waals surface area contributed by atoms with Gasteiger partial charge >= 0.3 is 0 Å². The number of benzene rings is 1. The van der Waals surface area contributed by atoms with Gasteiger partial charge in [0.25, 0.3) is 0 Å². The van der Waals surface area contributed by atoms with E-state index in [1.165, 1.54) is 12.1 Å². The van der Waals surface area contributed by atoms with Crippen LogP contribution in [0.25, 0.3) is 0 Å². The van der Waals surface area contributed by atoms with Gasteiger partial charge in [-0.15, -0.1) is 0 Å². The molecule has 0 atom stereocenters. The van der Waals surface area contributed by atoms with E-state index in [9.17, 15) is 14.6 Å². The van der Waals surface area contributed by atoms with E-state index >= 15 is 0 Å². The Bertz CT molecular complexity index is 363. The largest absolute Gasteiger partial charge is 0.395 e. The quantitative estimate of drug-likeness (QED) is 0.640. The van der Waals surface area contributed by atoms with E-state index in [4.69, 9.17) is 9.47 Å². The predicted octanol–water partition coefficient (Wildman–Crippen LogP) is 1.49. The Morgan fingerprint density at radius 2 is 1.70 bits per heavy atom. The smallest absolute Gasteiger partial charge is 0.123 e. The van der Waals surface area contributed by atoms with Gasteiger partial charge in [-0.25, -0.2) is 4.39 Å². The molecule has 1 aromatic rings. The van der Waals surface area contributed by atoms with Crippen LogP contribution in [-0.4, -0.2) is 50.4 Å². The van der Waals surface area contributed by atoms with Crippen LogP contribution in [0.3, 0.4) is 0 Å². The standard InChI is InChI=1S/C15H23FO4/c1-19-9-10-20-8-2-7-15(11-17,12-18)13-3-5-14(16)6-4-13/h3-6,17-18H,2,7-12H2,1H3. The number of aliphatic hydroxyl groups is 2. The van der Waals surface area contributed by atoms with Crippen LogP contribution < -0.4 is 0 Å². The van der Waals surface area contributed by atoms with Crippen molar-refractivity contribution in [3.8, 4) is 0 Å². The highest BCUT2D eigenvalue weighted by Crippen LogP contribution is 2.29. The molecule has 0 heterocycles. The Morgan fingerprint density at radius 1 is 1.05 bits per heavy atom. The summed E-state index contributed by atoms with van der Waals surface area (Å²) in [5.41, 5.74) is -0.0148. The first-order valence-electron chi connectivity index (χ1n) is 6.73. The third kappa shape index (κ3) is 4.83. The van der Waals surface area contributed by atoms with E-state index in [0.717, 1.165) is 5.56 Å². The van der Waals surface area contributed by atoms with Crippen LogP contribution in [0.2, 0.25) is 0 Å². The summed E-state index contributed by atoms with van der Waals surface area (Å²) in [5, 5.41) is 19.3. The second-order valence-electron chi connectivity index (χ2n) is 4.81. The van der Waals surface area contributed by atoms with Gasteiger partial charge in [0, 0.05) is 19.1 Å². The van der Waals surface area contributed by atoms with Crippen molar-refractivity contribution in [3.63, 3.8) is 0 Å². The zero-order valence-corrected chi connectivity index (χ0v) is 11.8. The lowest BCUT2D eigenvalue weighted by atomic mass is 9.78. The molecule has 0 bridgehead atoms. The van der Waals surface area contributed by atoms with Gasteiger partial charge in [-0.2, -0.15) is 0 Å². The van der Waals surface area contributed by atoms with E-state index in [-0.39, 0.29) is 19.0 Å². The lowest BCUT2D eigenvalue weighted by Gasteiger charge is -2.30. The molecule has 0 aliphatic heterocycles. The molecule has 0 radical (unpaired) electrons. The Kier molecular flexibility index (Phi) is 7.69. The fraction of sp³-hybridized carbons (Fsp3) is 0.600. The predicted molar refractivity (Wildman–Crippen MR) is 74.2 cm³/mol. The molecule has 0 aliphatic rings. The second-order valence-corrected chi connectivity index (χ2v) is 4.81. The minimum absolute atomic E-state index is 0.187. The van der Waals surface area contributed by atoms with E-state index in [1.807, 2.05) is 0 Å². The van der Waals surface area contributed by atoms with Crippen LogP contribution in [0.1, 0.15) is 18.4 Å². The van der Waals surface area contributed by atoms with Gasteiger partial charge in [0.2, 0.25) is 0 Å². The summed E-state index contributed by atoms with van der Waals surface area (Å²) in [4.78, 5) is 0. The summed E-state index contributed by atoms with van der Waals surface area (Å²) in [5.74, 6) is -0.332. The molecule has 114 valence electrons. The molecule has 1 rings (SSSR count). The fourth-order valence-corrected chi connectivity index (χ4v) is 2.10. The van der Waals surface area contributed by atoms with Gasteiger partial charge < -0.3 is 19.7 Å². The maximum absolute atomic E-state index is 13.0. The molecule has 4 nitrogen and oxygen atoms in total. The normalized spacial score (nSPS) is 11.8. The monoisotopic (exact) mass is 286 g/mol. The minimum Gasteiger partial charge on any atom is -0.395 e. The summed E-state index contributed by atoms with van der Waals surface area (Å²) in [6, 6.07) is 5.89. The molecular formula is C15H23FO4. The fourth-order valence-electron chi connectivity index (χ4n) is 2.10. The molecule has 0 aliphatic carbocycles. The molecular weight excluding hydrogens is 263 g/mol. The molecule has 0 unspecified atom stereocenters. The Balaban J connectivity index is 2.56. The maximum Gasteiger partial charge on any atom is 0.123 e. The molecule has 0 spiro atoms. The number of methoxy groups -OCH3 is 1. The number of halogens is 1. The van der Waals surface area contributed by atoms with Crippen LogP contribution in [0.4, 0.5) is 4.39 Å². The maximum atomic E-state index is 13.0. The third-order valence-electron chi connectivity index (χ3n) is 3.44. The highest BCUT2D eigenvalue weighted by molar-refractivity contribution is 5.26. The van der Waals surface area contributed by atoms with Gasteiger partial charge in [-0.3, -0.25) is 0 Å². The molecule has 0 amide bonds. The average molecular weight is 286 g/mol. The van der Waals surface area contributed by atoms with Gasteiger partial charge in [0.1, 0.15) is 5.82 Å². The number of hydrogen-bond acceptors (Lipinski definition) is 4. The van der Waals surface area contributed by atoms with Gasteiger partial charge in [0.05, 0.1) is 26.4 Å². The Hall–Kier alpha value is -1.01. The van der Waals surface area contributed by atoms with Crippen molar-refractivity contribution < 1.29 is 24.1 Å². The van der Waals surface area contributed by atoms with Crippen LogP contribution >= 0.6 is 0 Å². The third-order valence-corrected chi connectivity index (χ3v) is 3.44. The number of hydrogen-bond donors (Lipinski definition) is 2. The molecule has 5 heteroatoms. The molecule has 0 aromatic heterocycles. The van der Waals surface area contributed by atoms with E-state index in [1.54, 1.807) is 19.2 Å². The summed E-state index contributed by atoms with van der Waals surface area (Å²) in [7, 11) is 1.61. The molecule has 0 saturated heterocycles. The van der Waals surface area contributed by atoms with Gasteiger partial charge in [0.15, 0.2) is 0 Å². The van der Waals surface area contributed by atoms with Crippen LogP contribution in [-0.2, 0) is 14.9 Å². The van der Waals surface area contributed by atoms with Crippen molar-refractivity contribution in [2.75, 3.05) is 40.1 Å². The molecule has 1 aromatic carbocycles. The van der Waals surface area contributed by atoms with Crippen molar-refractivity contribution in [2.45, 2.75) is 18.3 Å². The minimum atomic E-state index is -0.752. The zero-order chi connectivity index (χ0) is 14.8. The number of ether oxygens (including phenoxy) is 2. The van der Waals surface area contributed by atoms with Crippen molar-refractivity contribution in [3.05, 3.63) is 35.6 Å². The van der Waals surface area contributed by atoms with Crippen molar-refractivity contribution in [2.24, 2.45) is 0 Å². The Morgan fingerprint density at radius 3 is 2.25 bits per heavy atom. The first-order valence-corrected chi connectivity index (χ1v) is 6.73. The molecule has 0 fully saturated rings. The highest BCUT2D eigenvalue weighted by Gasteiger charge is 2.30. The van der Waals surface area contributed by atoms with Crippen LogP contribution in [0, 0.1) is 5.82 Å². The summed E-state index contributed by atoms with van der Waals surface area (Å²) in [6.45, 7) is 1.23. The van der Waals surface area contributed by atoms with Gasteiger partial charge in [-0.05, 0) is 30.5 Å². The van der Waals surface area contributed by atoms with Crippen molar-refractivity contribution >= 4 is 0 Å². The van der Waals surface area contributed by atoms with Crippen LogP contribution in [0.5, 0.6) is 0 Å². The summed E-state index contributed by atoms with van der Waals surface area (Å²) >= 11 is 0. The lowest BCUT2D eigenvalue weighted by Crippen LogP contribution is -2.35. The van der Waals surface area contributed by atoms with Crippen LogP contribution in [0.15, 0.2) is 24.3 Å². The van der Waals surface area contributed by atoms with Crippen molar-refractivity contribution in [1.82, 2.24) is 0 Å².